The normalized spacial score (nSPS) is 12.3. The Morgan fingerprint density at radius 2 is 0.765 bits per heavy atom. The minimum absolute atomic E-state index is 0.892. The summed E-state index contributed by atoms with van der Waals surface area (Å²) in [6.45, 7) is 0. The van der Waals surface area contributed by atoms with Gasteiger partial charge in [0.2, 0.25) is 0 Å². The summed E-state index contributed by atoms with van der Waals surface area (Å²) >= 11 is 0. The van der Waals surface area contributed by atoms with Gasteiger partial charge < -0.3 is 13.2 Å². The third-order valence-electron chi connectivity index (χ3n) is 10.9. The van der Waals surface area contributed by atoms with Gasteiger partial charge in [-0.1, -0.05) is 127 Å². The molecule has 236 valence electrons. The molecule has 0 saturated heterocycles. The van der Waals surface area contributed by atoms with Crippen LogP contribution >= 0.6 is 0 Å². The van der Waals surface area contributed by atoms with E-state index in [2.05, 4.69) is 156 Å². The SMILES string of the molecule is c1ccc(-c2cccc(-c3ccccc3)c2-c2cc3c4ccc5c6ccccc6oc5c4n4c3c(c2)c2ccc3c5ccccc5oc3c24)cc1. The van der Waals surface area contributed by atoms with Crippen molar-refractivity contribution in [3.05, 3.63) is 164 Å². The van der Waals surface area contributed by atoms with E-state index in [1.165, 1.54) is 49.7 Å². The standard InChI is InChI=1S/C48H27NO2/c1-3-12-28(13-4-1)31-18-11-19-32(29-14-5-2-6-15-29)43(31)30-26-39-35-22-24-37-33-16-7-9-20-41(33)50-47(37)45(35)49-44(39)40(27-30)36-23-25-38-34-17-8-10-21-42(34)51-48(38)46(36)49/h1-27H. The summed E-state index contributed by atoms with van der Waals surface area (Å²) < 4.78 is 16.0. The van der Waals surface area contributed by atoms with Crippen molar-refractivity contribution in [2.75, 3.05) is 0 Å². The number of hydrogen-bond donors (Lipinski definition) is 0. The Morgan fingerprint density at radius 1 is 0.314 bits per heavy atom. The average molecular weight is 650 g/mol. The van der Waals surface area contributed by atoms with Gasteiger partial charge in [-0.05, 0) is 69.8 Å². The molecular formula is C48H27NO2. The molecule has 0 fully saturated rings. The Balaban J connectivity index is 1.31. The van der Waals surface area contributed by atoms with Crippen molar-refractivity contribution < 1.29 is 8.83 Å². The first-order valence-electron chi connectivity index (χ1n) is 17.4. The molecule has 0 atom stereocenters. The fourth-order valence-electron chi connectivity index (χ4n) is 8.77. The van der Waals surface area contributed by atoms with Crippen molar-refractivity contribution in [1.29, 1.82) is 0 Å². The van der Waals surface area contributed by atoms with Gasteiger partial charge in [-0.25, -0.2) is 0 Å². The van der Waals surface area contributed by atoms with E-state index in [0.717, 1.165) is 65.7 Å². The van der Waals surface area contributed by atoms with Gasteiger partial charge in [-0.2, -0.15) is 0 Å². The van der Waals surface area contributed by atoms with Crippen LogP contribution in [-0.2, 0) is 0 Å². The number of hydrogen-bond acceptors (Lipinski definition) is 2. The number of benzene rings is 8. The maximum atomic E-state index is 6.76. The number of nitrogens with zero attached hydrogens (tertiary/aromatic N) is 1. The van der Waals surface area contributed by atoms with Gasteiger partial charge in [-0.3, -0.25) is 0 Å². The number of furan rings is 2. The number of aromatic nitrogens is 1. The van der Waals surface area contributed by atoms with Crippen LogP contribution in [0.25, 0.3) is 115 Å². The highest BCUT2D eigenvalue weighted by molar-refractivity contribution is 6.32. The minimum Gasteiger partial charge on any atom is -0.454 e. The number of fused-ring (bicyclic) bond motifs is 14. The highest BCUT2D eigenvalue weighted by atomic mass is 16.3. The van der Waals surface area contributed by atoms with Gasteiger partial charge in [0.1, 0.15) is 11.2 Å². The first kappa shape index (κ1) is 27.0. The average Bonchev–Trinajstić information content (AvgIpc) is 3.94. The van der Waals surface area contributed by atoms with Crippen molar-refractivity contribution in [3.63, 3.8) is 0 Å². The zero-order chi connectivity index (χ0) is 33.2. The number of para-hydroxylation sites is 2. The fraction of sp³-hybridized carbons (Fsp3) is 0. The van der Waals surface area contributed by atoms with Crippen molar-refractivity contribution >= 4 is 82.0 Å². The molecule has 0 bridgehead atoms. The zero-order valence-corrected chi connectivity index (χ0v) is 27.4. The van der Waals surface area contributed by atoms with Gasteiger partial charge in [0, 0.05) is 43.1 Å². The second kappa shape index (κ2) is 9.87. The van der Waals surface area contributed by atoms with E-state index in [1.807, 2.05) is 12.1 Å². The molecule has 0 amide bonds. The molecule has 8 aromatic carbocycles. The van der Waals surface area contributed by atoms with Crippen molar-refractivity contribution in [3.8, 4) is 33.4 Å². The third kappa shape index (κ3) is 3.57. The molecule has 0 radical (unpaired) electrons. The monoisotopic (exact) mass is 649 g/mol. The molecule has 4 heterocycles. The fourth-order valence-corrected chi connectivity index (χ4v) is 8.77. The van der Waals surface area contributed by atoms with Gasteiger partial charge in [0.05, 0.1) is 16.6 Å². The lowest BCUT2D eigenvalue weighted by Gasteiger charge is -2.17. The molecular weight excluding hydrogens is 623 g/mol. The Hall–Kier alpha value is -6.84. The minimum atomic E-state index is 0.892. The lowest BCUT2D eigenvalue weighted by atomic mass is 9.86. The summed E-state index contributed by atoms with van der Waals surface area (Å²) in [7, 11) is 0. The smallest absolute Gasteiger partial charge is 0.160 e. The highest BCUT2D eigenvalue weighted by Crippen LogP contribution is 2.49. The van der Waals surface area contributed by atoms with E-state index < -0.39 is 0 Å². The second-order valence-corrected chi connectivity index (χ2v) is 13.6. The first-order valence-corrected chi connectivity index (χ1v) is 17.4. The van der Waals surface area contributed by atoms with Crippen LogP contribution in [0.2, 0.25) is 0 Å². The van der Waals surface area contributed by atoms with E-state index in [1.54, 1.807) is 0 Å². The lowest BCUT2D eigenvalue weighted by Crippen LogP contribution is -1.91. The summed E-state index contributed by atoms with van der Waals surface area (Å²) in [6, 6.07) is 58.7. The lowest BCUT2D eigenvalue weighted by molar-refractivity contribution is 0.670. The summed E-state index contributed by atoms with van der Waals surface area (Å²) in [5, 5.41) is 9.20. The largest absolute Gasteiger partial charge is 0.454 e. The topological polar surface area (TPSA) is 30.7 Å². The molecule has 0 unspecified atom stereocenters. The maximum Gasteiger partial charge on any atom is 0.160 e. The predicted molar refractivity (Wildman–Crippen MR) is 212 cm³/mol. The van der Waals surface area contributed by atoms with E-state index >= 15 is 0 Å². The summed E-state index contributed by atoms with van der Waals surface area (Å²) in [5.74, 6) is 0. The van der Waals surface area contributed by atoms with Crippen LogP contribution in [0.4, 0.5) is 0 Å². The Bertz CT molecular complexity index is 3130. The van der Waals surface area contributed by atoms with E-state index in [-0.39, 0.29) is 0 Å². The van der Waals surface area contributed by atoms with Crippen LogP contribution in [0.5, 0.6) is 0 Å². The Kier molecular flexibility index (Phi) is 5.23. The molecule has 0 aliphatic heterocycles. The van der Waals surface area contributed by atoms with Crippen LogP contribution in [-0.4, -0.2) is 4.40 Å². The van der Waals surface area contributed by atoms with Crippen molar-refractivity contribution in [2.45, 2.75) is 0 Å². The van der Waals surface area contributed by atoms with Gasteiger partial charge in [0.25, 0.3) is 0 Å². The molecule has 0 saturated carbocycles. The maximum absolute atomic E-state index is 6.76. The summed E-state index contributed by atoms with van der Waals surface area (Å²) in [4.78, 5) is 0. The molecule has 0 N–H and O–H groups in total. The molecule has 12 aromatic rings. The van der Waals surface area contributed by atoms with E-state index in [9.17, 15) is 0 Å². The third-order valence-corrected chi connectivity index (χ3v) is 10.9. The molecule has 51 heavy (non-hydrogen) atoms. The zero-order valence-electron chi connectivity index (χ0n) is 27.4. The number of rotatable bonds is 3. The van der Waals surface area contributed by atoms with Crippen molar-refractivity contribution in [2.24, 2.45) is 0 Å². The van der Waals surface area contributed by atoms with E-state index in [4.69, 9.17) is 8.83 Å². The predicted octanol–water partition coefficient (Wildman–Crippen LogP) is 13.6. The molecule has 0 spiro atoms. The van der Waals surface area contributed by atoms with Gasteiger partial charge in [0.15, 0.2) is 11.2 Å². The highest BCUT2D eigenvalue weighted by Gasteiger charge is 2.26. The molecule has 4 aromatic heterocycles. The van der Waals surface area contributed by atoms with Crippen LogP contribution in [0.3, 0.4) is 0 Å². The molecule has 12 rings (SSSR count). The summed E-state index contributed by atoms with van der Waals surface area (Å²) in [5.41, 5.74) is 14.1. The van der Waals surface area contributed by atoms with Gasteiger partial charge >= 0.3 is 0 Å². The Morgan fingerprint density at radius 3 is 1.27 bits per heavy atom. The van der Waals surface area contributed by atoms with Crippen LogP contribution in [0.1, 0.15) is 0 Å². The van der Waals surface area contributed by atoms with Crippen LogP contribution < -0.4 is 0 Å². The summed E-state index contributed by atoms with van der Waals surface area (Å²) in [6.07, 6.45) is 0. The van der Waals surface area contributed by atoms with E-state index in [0.29, 0.717) is 0 Å². The Labute approximate surface area is 291 Å². The molecule has 0 aliphatic carbocycles. The van der Waals surface area contributed by atoms with Crippen LogP contribution in [0, 0.1) is 0 Å². The quantitative estimate of drug-likeness (QED) is 0.191. The molecule has 3 heteroatoms. The van der Waals surface area contributed by atoms with Crippen LogP contribution in [0.15, 0.2) is 173 Å². The molecule has 0 aliphatic rings. The van der Waals surface area contributed by atoms with Crippen molar-refractivity contribution in [1.82, 2.24) is 4.40 Å². The molecule has 3 nitrogen and oxygen atoms in total. The second-order valence-electron chi connectivity index (χ2n) is 13.6. The first-order chi connectivity index (χ1) is 25.3. The van der Waals surface area contributed by atoms with Gasteiger partial charge in [-0.15, -0.1) is 0 Å².